The molecule has 6 nitrogen and oxygen atoms in total. The minimum atomic E-state index is 0.145. The van der Waals surface area contributed by atoms with E-state index < -0.39 is 0 Å². The van der Waals surface area contributed by atoms with Gasteiger partial charge in [-0.15, -0.1) is 11.3 Å². The number of hydrogen-bond donors (Lipinski definition) is 0. The van der Waals surface area contributed by atoms with Crippen molar-refractivity contribution in [3.8, 4) is 11.4 Å². The lowest BCUT2D eigenvalue weighted by molar-refractivity contribution is -0.132. The average molecular weight is 425 g/mol. The third-order valence-corrected chi connectivity index (χ3v) is 7.12. The fourth-order valence-corrected chi connectivity index (χ4v) is 5.43. The van der Waals surface area contributed by atoms with Crippen LogP contribution in [0.2, 0.25) is 0 Å². The Morgan fingerprint density at radius 1 is 1.24 bits per heavy atom. The number of thiazole rings is 1. The highest BCUT2D eigenvalue weighted by Gasteiger charge is 2.27. The number of likely N-dealkylation sites (tertiary alicyclic amines) is 1. The van der Waals surface area contributed by atoms with Crippen molar-refractivity contribution >= 4 is 38.8 Å². The zero-order valence-corrected chi connectivity index (χ0v) is 17.4. The van der Waals surface area contributed by atoms with Gasteiger partial charge in [0, 0.05) is 42.8 Å². The number of hydrogen-bond acceptors (Lipinski definition) is 7. The fourth-order valence-electron chi connectivity index (χ4n) is 3.71. The summed E-state index contributed by atoms with van der Waals surface area (Å²) in [7, 11) is 0. The summed E-state index contributed by atoms with van der Waals surface area (Å²) >= 11 is 3.34. The molecule has 3 aromatic heterocycles. The van der Waals surface area contributed by atoms with Crippen molar-refractivity contribution in [2.45, 2.75) is 31.6 Å². The second-order valence-corrected chi connectivity index (χ2v) is 9.06. The average Bonchev–Trinajstić information content (AvgIpc) is 3.52. The molecular formula is C21H20N4O2S2. The number of rotatable bonds is 5. The van der Waals surface area contributed by atoms with Crippen molar-refractivity contribution in [2.75, 3.05) is 13.1 Å². The van der Waals surface area contributed by atoms with E-state index in [1.165, 1.54) is 4.70 Å². The zero-order chi connectivity index (χ0) is 19.6. The molecule has 1 aliphatic rings. The van der Waals surface area contributed by atoms with E-state index in [2.05, 4.69) is 22.3 Å². The highest BCUT2D eigenvalue weighted by Crippen LogP contribution is 2.33. The van der Waals surface area contributed by atoms with Crippen LogP contribution in [0.25, 0.3) is 21.6 Å². The van der Waals surface area contributed by atoms with Crippen LogP contribution in [0, 0.1) is 0 Å². The largest absolute Gasteiger partial charge is 0.342 e. The van der Waals surface area contributed by atoms with Gasteiger partial charge in [-0.3, -0.25) is 4.79 Å². The summed E-state index contributed by atoms with van der Waals surface area (Å²) in [6.45, 7) is 1.55. The minimum absolute atomic E-state index is 0.145. The van der Waals surface area contributed by atoms with Gasteiger partial charge in [0.2, 0.25) is 17.6 Å². The molecular weight excluding hydrogens is 404 g/mol. The van der Waals surface area contributed by atoms with Crippen LogP contribution in [-0.4, -0.2) is 39.0 Å². The van der Waals surface area contributed by atoms with Gasteiger partial charge in [0.1, 0.15) is 0 Å². The first-order valence-corrected chi connectivity index (χ1v) is 11.5. The highest BCUT2D eigenvalue weighted by atomic mass is 32.1. The summed E-state index contributed by atoms with van der Waals surface area (Å²) in [6, 6.07) is 10.2. The van der Waals surface area contributed by atoms with E-state index in [1.807, 2.05) is 33.9 Å². The molecule has 1 atom stereocenters. The summed E-state index contributed by atoms with van der Waals surface area (Å²) in [5.74, 6) is 1.56. The molecule has 0 radical (unpaired) electrons. The molecule has 0 saturated carbocycles. The Morgan fingerprint density at radius 3 is 3.03 bits per heavy atom. The first-order chi connectivity index (χ1) is 14.3. The van der Waals surface area contributed by atoms with Crippen molar-refractivity contribution in [2.24, 2.45) is 0 Å². The Morgan fingerprint density at radius 2 is 2.17 bits per heavy atom. The normalized spacial score (nSPS) is 17.1. The van der Waals surface area contributed by atoms with Gasteiger partial charge in [-0.1, -0.05) is 17.3 Å². The maximum Gasteiger partial charge on any atom is 0.227 e. The fraction of sp³-hybridized carbons (Fsp3) is 0.333. The van der Waals surface area contributed by atoms with Gasteiger partial charge < -0.3 is 9.42 Å². The maximum atomic E-state index is 12.8. The molecule has 0 N–H and O–H groups in total. The number of carbonyl (C=O) groups excluding carboxylic acids is 1. The van der Waals surface area contributed by atoms with Crippen molar-refractivity contribution in [3.63, 3.8) is 0 Å². The second kappa shape index (κ2) is 8.04. The molecule has 1 unspecified atom stereocenters. The van der Waals surface area contributed by atoms with Crippen LogP contribution in [0.4, 0.5) is 0 Å². The molecule has 4 aromatic rings. The molecule has 5 rings (SSSR count). The lowest BCUT2D eigenvalue weighted by atomic mass is 9.98. The summed E-state index contributed by atoms with van der Waals surface area (Å²) in [6.07, 6.45) is 2.95. The van der Waals surface area contributed by atoms with Crippen LogP contribution in [0.3, 0.4) is 0 Å². The van der Waals surface area contributed by atoms with Crippen molar-refractivity contribution in [1.29, 1.82) is 0 Å². The Bertz CT molecular complexity index is 1090. The lowest BCUT2D eigenvalue weighted by Crippen LogP contribution is -2.39. The van der Waals surface area contributed by atoms with Crippen LogP contribution in [0.5, 0.6) is 0 Å². The number of aryl methyl sites for hydroxylation is 1. The number of benzene rings is 1. The monoisotopic (exact) mass is 424 g/mol. The van der Waals surface area contributed by atoms with E-state index >= 15 is 0 Å². The number of amides is 1. The summed E-state index contributed by atoms with van der Waals surface area (Å²) in [5.41, 5.74) is 2.00. The number of thiophene rings is 1. The van der Waals surface area contributed by atoms with Crippen LogP contribution in [-0.2, 0) is 11.2 Å². The molecule has 0 bridgehead atoms. The SMILES string of the molecule is O=C(CCc1nc(-c2ccsc2)no1)N1CCCC(c2nc3ccccc3s2)C1. The molecule has 1 amide bonds. The van der Waals surface area contributed by atoms with Gasteiger partial charge in [-0.25, -0.2) is 4.98 Å². The van der Waals surface area contributed by atoms with Crippen molar-refractivity contribution < 1.29 is 9.32 Å². The smallest absolute Gasteiger partial charge is 0.227 e. The molecule has 1 saturated heterocycles. The molecule has 29 heavy (non-hydrogen) atoms. The molecule has 148 valence electrons. The standard InChI is InChI=1S/C21H20N4O2S2/c26-19(8-7-18-23-20(24-27-18)15-9-11-28-13-15)25-10-3-4-14(12-25)21-22-16-5-1-2-6-17(16)29-21/h1-2,5-6,9,11,13-14H,3-4,7-8,10,12H2. The van der Waals surface area contributed by atoms with Crippen molar-refractivity contribution in [1.82, 2.24) is 20.0 Å². The van der Waals surface area contributed by atoms with Gasteiger partial charge in [0.05, 0.1) is 15.2 Å². The molecule has 0 spiro atoms. The van der Waals surface area contributed by atoms with E-state index in [0.29, 0.717) is 30.5 Å². The van der Waals surface area contributed by atoms with E-state index in [1.54, 1.807) is 22.7 Å². The predicted octanol–water partition coefficient (Wildman–Crippen LogP) is 4.75. The number of aromatic nitrogens is 3. The van der Waals surface area contributed by atoms with Gasteiger partial charge in [0.25, 0.3) is 0 Å². The number of nitrogens with zero attached hydrogens (tertiary/aromatic N) is 4. The Balaban J connectivity index is 1.21. The van der Waals surface area contributed by atoms with Crippen molar-refractivity contribution in [3.05, 3.63) is 52.0 Å². The summed E-state index contributed by atoms with van der Waals surface area (Å²) in [5, 5.41) is 9.11. The number of carbonyl (C=O) groups is 1. The Hall–Kier alpha value is -2.58. The van der Waals surface area contributed by atoms with E-state index in [-0.39, 0.29) is 5.91 Å². The van der Waals surface area contributed by atoms with Crippen LogP contribution >= 0.6 is 22.7 Å². The molecule has 1 aliphatic heterocycles. The van der Waals surface area contributed by atoms with Gasteiger partial charge >= 0.3 is 0 Å². The molecule has 8 heteroatoms. The first-order valence-electron chi connectivity index (χ1n) is 9.74. The number of piperidine rings is 1. The first kappa shape index (κ1) is 18.4. The summed E-state index contributed by atoms with van der Waals surface area (Å²) in [4.78, 5) is 24.0. The third-order valence-electron chi connectivity index (χ3n) is 5.23. The lowest BCUT2D eigenvalue weighted by Gasteiger charge is -2.31. The van der Waals surface area contributed by atoms with E-state index in [4.69, 9.17) is 9.51 Å². The van der Waals surface area contributed by atoms with Crippen LogP contribution in [0.15, 0.2) is 45.6 Å². The Kier molecular flexibility index (Phi) is 5.12. The molecule has 0 aliphatic carbocycles. The van der Waals surface area contributed by atoms with Gasteiger partial charge in [-0.05, 0) is 36.4 Å². The molecule has 1 aromatic carbocycles. The second-order valence-electron chi connectivity index (χ2n) is 7.22. The quantitative estimate of drug-likeness (QED) is 0.462. The maximum absolute atomic E-state index is 12.8. The number of para-hydroxylation sites is 1. The van der Waals surface area contributed by atoms with Crippen LogP contribution in [0.1, 0.15) is 36.1 Å². The predicted molar refractivity (Wildman–Crippen MR) is 114 cm³/mol. The van der Waals surface area contributed by atoms with E-state index in [0.717, 1.165) is 42.0 Å². The summed E-state index contributed by atoms with van der Waals surface area (Å²) < 4.78 is 6.53. The van der Waals surface area contributed by atoms with E-state index in [9.17, 15) is 4.79 Å². The minimum Gasteiger partial charge on any atom is -0.342 e. The molecule has 1 fully saturated rings. The van der Waals surface area contributed by atoms with Gasteiger partial charge in [-0.2, -0.15) is 16.3 Å². The topological polar surface area (TPSA) is 72.1 Å². The molecule has 4 heterocycles. The Labute approximate surface area is 176 Å². The zero-order valence-electron chi connectivity index (χ0n) is 15.8. The third kappa shape index (κ3) is 3.95. The number of fused-ring (bicyclic) bond motifs is 1. The van der Waals surface area contributed by atoms with Gasteiger partial charge in [0.15, 0.2) is 0 Å². The highest BCUT2D eigenvalue weighted by molar-refractivity contribution is 7.18. The van der Waals surface area contributed by atoms with Crippen LogP contribution < -0.4 is 0 Å².